The molecule has 0 saturated carbocycles. The van der Waals surface area contributed by atoms with Crippen molar-refractivity contribution in [3.63, 3.8) is 0 Å². The van der Waals surface area contributed by atoms with Crippen molar-refractivity contribution in [2.24, 2.45) is 0 Å². The van der Waals surface area contributed by atoms with Crippen LogP contribution in [0.4, 0.5) is 10.1 Å². The van der Waals surface area contributed by atoms with Crippen molar-refractivity contribution >= 4 is 33.2 Å². The molecule has 0 spiro atoms. The molecule has 9 heteroatoms. The first-order valence-electron chi connectivity index (χ1n) is 8.86. The summed E-state index contributed by atoms with van der Waals surface area (Å²) < 4.78 is 46.1. The van der Waals surface area contributed by atoms with E-state index in [-0.39, 0.29) is 21.2 Å². The number of nitrogens with zero attached hydrogens (tertiary/aromatic N) is 1. The van der Waals surface area contributed by atoms with E-state index < -0.39 is 21.7 Å². The lowest BCUT2D eigenvalue weighted by molar-refractivity contribution is 0.102. The molecule has 0 unspecified atom stereocenters. The van der Waals surface area contributed by atoms with Gasteiger partial charge < -0.3 is 10.1 Å². The molecule has 28 heavy (non-hydrogen) atoms. The summed E-state index contributed by atoms with van der Waals surface area (Å²) in [4.78, 5) is 12.5. The Balaban J connectivity index is 1.93. The Bertz CT molecular complexity index is 991. The molecule has 0 bridgehead atoms. The molecule has 1 amide bonds. The first-order valence-corrected chi connectivity index (χ1v) is 10.7. The third kappa shape index (κ3) is 4.29. The summed E-state index contributed by atoms with van der Waals surface area (Å²) in [5.41, 5.74) is 0.441. The minimum Gasteiger partial charge on any atom is -0.492 e. The number of nitrogens with one attached hydrogen (secondary N) is 1. The van der Waals surface area contributed by atoms with Gasteiger partial charge in [-0.25, -0.2) is 12.8 Å². The zero-order valence-electron chi connectivity index (χ0n) is 15.2. The summed E-state index contributed by atoms with van der Waals surface area (Å²) in [6, 6.07) is 8.05. The summed E-state index contributed by atoms with van der Waals surface area (Å²) in [5, 5.41) is 2.46. The highest BCUT2D eigenvalue weighted by atomic mass is 35.5. The van der Waals surface area contributed by atoms with Gasteiger partial charge in [0, 0.05) is 24.3 Å². The molecule has 3 rings (SSSR count). The van der Waals surface area contributed by atoms with Crippen molar-refractivity contribution in [1.82, 2.24) is 4.31 Å². The lowest BCUT2D eigenvalue weighted by Gasteiger charge is -2.19. The normalized spacial score (nSPS) is 14.8. The van der Waals surface area contributed by atoms with Gasteiger partial charge in [0.05, 0.1) is 11.6 Å². The Morgan fingerprint density at radius 1 is 1.21 bits per heavy atom. The molecule has 1 aliphatic rings. The molecule has 0 atom stereocenters. The number of anilines is 1. The zero-order valence-corrected chi connectivity index (χ0v) is 16.8. The monoisotopic (exact) mass is 426 g/mol. The first-order chi connectivity index (χ1) is 13.3. The molecule has 6 nitrogen and oxygen atoms in total. The van der Waals surface area contributed by atoms with E-state index in [0.29, 0.717) is 25.4 Å². The largest absolute Gasteiger partial charge is 0.492 e. The lowest BCUT2D eigenvalue weighted by Crippen LogP contribution is -2.28. The molecule has 0 aromatic heterocycles. The topological polar surface area (TPSA) is 75.7 Å². The minimum atomic E-state index is -3.78. The number of hydrogen-bond donors (Lipinski definition) is 1. The number of carbonyl (C=O) groups is 1. The molecule has 150 valence electrons. The maximum atomic E-state index is 13.3. The van der Waals surface area contributed by atoms with Crippen LogP contribution in [0.5, 0.6) is 5.75 Å². The Kier molecular flexibility index (Phi) is 6.22. The fraction of sp³-hybridized carbons (Fsp3) is 0.316. The van der Waals surface area contributed by atoms with Crippen molar-refractivity contribution in [2.45, 2.75) is 24.7 Å². The second-order valence-electron chi connectivity index (χ2n) is 6.29. The molecule has 2 aromatic rings. The van der Waals surface area contributed by atoms with E-state index in [2.05, 4.69) is 5.32 Å². The second kappa shape index (κ2) is 8.46. The number of carbonyl (C=O) groups excluding carboxylic acids is 1. The van der Waals surface area contributed by atoms with Gasteiger partial charge in [-0.2, -0.15) is 4.31 Å². The predicted molar refractivity (Wildman–Crippen MR) is 105 cm³/mol. The van der Waals surface area contributed by atoms with Crippen LogP contribution in [-0.2, 0) is 10.0 Å². The van der Waals surface area contributed by atoms with Crippen LogP contribution in [0.3, 0.4) is 0 Å². The van der Waals surface area contributed by atoms with Gasteiger partial charge in [-0.15, -0.1) is 0 Å². The summed E-state index contributed by atoms with van der Waals surface area (Å²) in [6.07, 6.45) is 1.60. The average molecular weight is 427 g/mol. The van der Waals surface area contributed by atoms with Gasteiger partial charge in [0.2, 0.25) is 10.0 Å². The summed E-state index contributed by atoms with van der Waals surface area (Å²) in [7, 11) is -3.78. The fourth-order valence-corrected chi connectivity index (χ4v) is 4.83. The summed E-state index contributed by atoms with van der Waals surface area (Å²) in [6.45, 7) is 2.93. The molecule has 1 heterocycles. The Labute approximate surface area is 168 Å². The molecule has 1 aliphatic heterocycles. The van der Waals surface area contributed by atoms with Gasteiger partial charge in [0.25, 0.3) is 5.91 Å². The number of ether oxygens (including phenoxy) is 1. The molecular weight excluding hydrogens is 407 g/mol. The molecule has 0 aliphatic carbocycles. The average Bonchev–Trinajstić information content (AvgIpc) is 3.21. The molecular formula is C19H20ClFN2O4S. The van der Waals surface area contributed by atoms with Crippen LogP contribution >= 0.6 is 11.6 Å². The molecule has 1 N–H and O–H groups in total. The highest BCUT2D eigenvalue weighted by Crippen LogP contribution is 2.30. The van der Waals surface area contributed by atoms with Crippen molar-refractivity contribution < 1.29 is 22.3 Å². The SMILES string of the molecule is CCOc1ccc(C(=O)Nc2ccc(F)c(Cl)c2)cc1S(=O)(=O)N1CCCC1. The van der Waals surface area contributed by atoms with E-state index in [1.807, 2.05) is 0 Å². The van der Waals surface area contributed by atoms with Gasteiger partial charge in [-0.1, -0.05) is 11.6 Å². The Hall–Kier alpha value is -2.16. The van der Waals surface area contributed by atoms with E-state index in [1.165, 1.54) is 34.6 Å². The van der Waals surface area contributed by atoms with Gasteiger partial charge in [0.15, 0.2) is 0 Å². The van der Waals surface area contributed by atoms with Crippen molar-refractivity contribution in [3.8, 4) is 5.75 Å². The maximum absolute atomic E-state index is 13.3. The standard InChI is InChI=1S/C19H20ClFN2O4S/c1-2-27-17-8-5-13(11-18(17)28(25,26)23-9-3-4-10-23)19(24)22-14-6-7-16(21)15(20)12-14/h5-8,11-12H,2-4,9-10H2,1H3,(H,22,24). The minimum absolute atomic E-state index is 0.0407. The summed E-state index contributed by atoms with van der Waals surface area (Å²) >= 11 is 5.73. The molecule has 2 aromatic carbocycles. The van der Waals surface area contributed by atoms with Crippen molar-refractivity contribution in [3.05, 3.63) is 52.8 Å². The number of halogens is 2. The third-order valence-electron chi connectivity index (χ3n) is 4.37. The molecule has 1 fully saturated rings. The molecule has 1 saturated heterocycles. The highest BCUT2D eigenvalue weighted by molar-refractivity contribution is 7.89. The van der Waals surface area contributed by atoms with Crippen LogP contribution in [0.15, 0.2) is 41.3 Å². The van der Waals surface area contributed by atoms with Crippen LogP contribution in [0.1, 0.15) is 30.1 Å². The number of sulfonamides is 1. The van der Waals surface area contributed by atoms with E-state index in [0.717, 1.165) is 18.9 Å². The zero-order chi connectivity index (χ0) is 20.3. The third-order valence-corrected chi connectivity index (χ3v) is 6.58. The predicted octanol–water partition coefficient (Wildman–Crippen LogP) is 3.91. The Morgan fingerprint density at radius 2 is 1.93 bits per heavy atom. The quantitative estimate of drug-likeness (QED) is 0.759. The first kappa shape index (κ1) is 20.6. The van der Waals surface area contributed by atoms with Crippen LogP contribution in [0.25, 0.3) is 0 Å². The number of rotatable bonds is 6. The maximum Gasteiger partial charge on any atom is 0.255 e. The summed E-state index contributed by atoms with van der Waals surface area (Å²) in [5.74, 6) is -0.931. The fourth-order valence-electron chi connectivity index (χ4n) is 2.97. The van der Waals surface area contributed by atoms with E-state index in [9.17, 15) is 17.6 Å². The molecule has 0 radical (unpaired) electrons. The van der Waals surface area contributed by atoms with Gasteiger partial charge in [-0.05, 0) is 56.2 Å². The van der Waals surface area contributed by atoms with Crippen LogP contribution in [0.2, 0.25) is 5.02 Å². The van der Waals surface area contributed by atoms with Crippen molar-refractivity contribution in [1.29, 1.82) is 0 Å². The van der Waals surface area contributed by atoms with Crippen LogP contribution < -0.4 is 10.1 Å². The Morgan fingerprint density at radius 3 is 2.57 bits per heavy atom. The number of benzene rings is 2. The highest BCUT2D eigenvalue weighted by Gasteiger charge is 2.30. The van der Waals surface area contributed by atoms with E-state index in [1.54, 1.807) is 6.92 Å². The smallest absolute Gasteiger partial charge is 0.255 e. The number of amides is 1. The van der Waals surface area contributed by atoms with Crippen LogP contribution in [0, 0.1) is 5.82 Å². The van der Waals surface area contributed by atoms with Gasteiger partial charge in [0.1, 0.15) is 16.5 Å². The van der Waals surface area contributed by atoms with Crippen molar-refractivity contribution in [2.75, 3.05) is 25.0 Å². The van der Waals surface area contributed by atoms with Gasteiger partial charge in [-0.3, -0.25) is 4.79 Å². The van der Waals surface area contributed by atoms with Crippen LogP contribution in [-0.4, -0.2) is 38.3 Å². The van der Waals surface area contributed by atoms with E-state index in [4.69, 9.17) is 16.3 Å². The second-order valence-corrected chi connectivity index (χ2v) is 8.60. The lowest BCUT2D eigenvalue weighted by atomic mass is 10.2. The van der Waals surface area contributed by atoms with E-state index >= 15 is 0 Å². The van der Waals surface area contributed by atoms with Gasteiger partial charge >= 0.3 is 0 Å². The number of hydrogen-bond acceptors (Lipinski definition) is 4.